The van der Waals surface area contributed by atoms with Crippen LogP contribution < -0.4 is 21.7 Å². The lowest BCUT2D eigenvalue weighted by Crippen LogP contribution is -2.26. The number of aromatic nitrogens is 2. The van der Waals surface area contributed by atoms with Gasteiger partial charge in [0, 0.05) is 45.8 Å². The van der Waals surface area contributed by atoms with Crippen LogP contribution in [0, 0.1) is 11.6 Å². The molecule has 0 fully saturated rings. The molecule has 0 aliphatic heterocycles. The number of pyridine rings is 2. The van der Waals surface area contributed by atoms with Crippen LogP contribution in [0.2, 0.25) is 0 Å². The fraction of sp³-hybridized carbons (Fsp3) is 0.100. The number of nitrogens with two attached hydrogens (primary N) is 2. The molecule has 0 saturated carbocycles. The Bertz CT molecular complexity index is 1720. The van der Waals surface area contributed by atoms with Crippen molar-refractivity contribution < 1.29 is 28.5 Å². The predicted molar refractivity (Wildman–Crippen MR) is 160 cm³/mol. The Balaban J connectivity index is 0.000000385. The van der Waals surface area contributed by atoms with E-state index in [4.69, 9.17) is 21.5 Å². The predicted octanol–water partition coefficient (Wildman–Crippen LogP) is 5.04. The molecule has 0 saturated heterocycles. The Morgan fingerprint density at radius 3 is 2.36 bits per heavy atom. The Morgan fingerprint density at radius 1 is 0.976 bits per heavy atom. The monoisotopic (exact) mass is 591 g/mol. The number of fused-ring (bicyclic) bond motifs is 1. The lowest BCUT2D eigenvalue weighted by Gasteiger charge is -2.11. The number of aliphatic hydroxyl groups is 1. The normalized spacial score (nSPS) is 10.6. The fourth-order valence-corrected chi connectivity index (χ4v) is 4.07. The number of anilines is 2. The number of halogens is 2. The number of hydrogen-bond acceptors (Lipinski definition) is 9. The minimum atomic E-state index is -0.627. The van der Waals surface area contributed by atoms with E-state index in [-0.39, 0.29) is 29.8 Å². The van der Waals surface area contributed by atoms with Crippen LogP contribution in [0.25, 0.3) is 33.2 Å². The van der Waals surface area contributed by atoms with E-state index in [1.807, 2.05) is 36.4 Å². The number of benzene rings is 3. The van der Waals surface area contributed by atoms with Crippen LogP contribution in [-0.4, -0.2) is 41.2 Å². The smallest absolute Gasteiger partial charge is 0.279 e. The summed E-state index contributed by atoms with van der Waals surface area (Å²) in [5, 5.41) is 12.4. The zero-order chi connectivity index (χ0) is 30.2. The van der Waals surface area contributed by atoms with Crippen LogP contribution in [0.5, 0.6) is 5.88 Å². The summed E-state index contributed by atoms with van der Waals surface area (Å²) in [5.41, 5.74) is 17.1. The molecule has 1 amide bonds. The number of hydrogen-bond donors (Lipinski definition) is 5. The highest BCUT2D eigenvalue weighted by molar-refractivity contribution is 7.80. The van der Waals surface area contributed by atoms with Crippen molar-refractivity contribution >= 4 is 40.9 Å². The minimum Gasteiger partial charge on any atom is -0.395 e. The van der Waals surface area contributed by atoms with Gasteiger partial charge in [-0.2, -0.15) is 4.89 Å². The molecule has 5 aromatic rings. The Labute approximate surface area is 245 Å². The van der Waals surface area contributed by atoms with Gasteiger partial charge < -0.3 is 26.8 Å². The molecule has 2 heterocycles. The summed E-state index contributed by atoms with van der Waals surface area (Å²) in [5.74, 6) is -0.866. The third-order valence-corrected chi connectivity index (χ3v) is 6.35. The lowest BCUT2D eigenvalue weighted by atomic mass is 10.00. The Hall–Kier alpha value is -4.78. The van der Waals surface area contributed by atoms with Gasteiger partial charge in [0.2, 0.25) is 0 Å². The molecule has 0 radical (unpaired) electrons. The first kappa shape index (κ1) is 30.2. The number of nitrogens with one attached hydrogen (secondary N) is 1. The van der Waals surface area contributed by atoms with Crippen molar-refractivity contribution in [2.45, 2.75) is 4.90 Å². The zero-order valence-corrected chi connectivity index (χ0v) is 23.2. The standard InChI is InChI=1S/C24H23N5O4.C6H4F2S/c1-32-33-24-20(25)12-18(13-28-24)16-6-7-21-17(10-16)11-19(22(26)29-21)14-2-4-15(5-3-14)23(31)27-8-9-30;7-4-1-2-6(9)5(8)3-4/h2-7,10-13,30H,8-9,25H2,1H3,(H2,26,29)(H,27,31);1-3,9H. The molecule has 2 aromatic heterocycles. The zero-order valence-electron chi connectivity index (χ0n) is 22.3. The molecule has 0 aliphatic rings. The molecule has 0 aliphatic carbocycles. The number of amides is 1. The number of thiol groups is 1. The molecule has 6 N–H and O–H groups in total. The highest BCUT2D eigenvalue weighted by Crippen LogP contribution is 2.32. The van der Waals surface area contributed by atoms with Gasteiger partial charge in [-0.1, -0.05) is 18.2 Å². The Morgan fingerprint density at radius 2 is 1.71 bits per heavy atom. The van der Waals surface area contributed by atoms with Crippen LogP contribution in [0.1, 0.15) is 10.4 Å². The maximum atomic E-state index is 12.3. The molecular weight excluding hydrogens is 564 g/mol. The van der Waals surface area contributed by atoms with Gasteiger partial charge in [-0.3, -0.25) is 4.79 Å². The summed E-state index contributed by atoms with van der Waals surface area (Å²) in [6.07, 6.45) is 1.65. The molecule has 216 valence electrons. The van der Waals surface area contributed by atoms with Crippen LogP contribution in [0.4, 0.5) is 20.3 Å². The second-order valence-electron chi connectivity index (χ2n) is 8.85. The number of nitrogen functional groups attached to an aromatic ring is 2. The lowest BCUT2D eigenvalue weighted by molar-refractivity contribution is -0.180. The third kappa shape index (κ3) is 7.29. The molecule has 0 unspecified atom stereocenters. The number of aliphatic hydroxyl groups excluding tert-OH is 1. The van der Waals surface area contributed by atoms with Crippen molar-refractivity contribution in [3.05, 3.63) is 96.2 Å². The molecule has 12 heteroatoms. The van der Waals surface area contributed by atoms with E-state index in [0.717, 1.165) is 45.3 Å². The molecular formula is C30H27F2N5O4S. The molecule has 0 atom stereocenters. The summed E-state index contributed by atoms with van der Waals surface area (Å²) >= 11 is 3.70. The van der Waals surface area contributed by atoms with Gasteiger partial charge in [0.25, 0.3) is 11.8 Å². The van der Waals surface area contributed by atoms with Crippen molar-refractivity contribution in [2.24, 2.45) is 0 Å². The summed E-state index contributed by atoms with van der Waals surface area (Å²) in [4.78, 5) is 30.5. The van der Waals surface area contributed by atoms with Crippen molar-refractivity contribution in [2.75, 3.05) is 31.7 Å². The van der Waals surface area contributed by atoms with E-state index in [1.165, 1.54) is 13.2 Å². The van der Waals surface area contributed by atoms with Gasteiger partial charge in [0.1, 0.15) is 17.5 Å². The average Bonchev–Trinajstić information content (AvgIpc) is 2.99. The number of carbonyl (C=O) groups is 1. The van der Waals surface area contributed by atoms with E-state index in [2.05, 4.69) is 32.8 Å². The maximum Gasteiger partial charge on any atom is 0.279 e. The second kappa shape index (κ2) is 13.7. The van der Waals surface area contributed by atoms with Crippen molar-refractivity contribution in [1.82, 2.24) is 15.3 Å². The second-order valence-corrected chi connectivity index (χ2v) is 9.33. The first-order valence-electron chi connectivity index (χ1n) is 12.5. The molecule has 9 nitrogen and oxygen atoms in total. The SMILES string of the molecule is COOc1ncc(-c2ccc3nc(N)c(-c4ccc(C(=O)NCCO)cc4)cc3c2)cc1N.Fc1ccc(S)c(F)c1. The van der Waals surface area contributed by atoms with Crippen LogP contribution in [0.3, 0.4) is 0 Å². The van der Waals surface area contributed by atoms with E-state index in [9.17, 15) is 13.6 Å². The van der Waals surface area contributed by atoms with Gasteiger partial charge in [-0.05, 0) is 59.7 Å². The van der Waals surface area contributed by atoms with Crippen LogP contribution in [0.15, 0.2) is 83.9 Å². The average molecular weight is 592 g/mol. The van der Waals surface area contributed by atoms with Gasteiger partial charge in [-0.25, -0.2) is 18.7 Å². The van der Waals surface area contributed by atoms with Gasteiger partial charge >= 0.3 is 0 Å². The van der Waals surface area contributed by atoms with Crippen LogP contribution in [-0.2, 0) is 4.89 Å². The van der Waals surface area contributed by atoms with E-state index in [1.54, 1.807) is 24.4 Å². The van der Waals surface area contributed by atoms with Crippen molar-refractivity contribution in [3.63, 3.8) is 0 Å². The van der Waals surface area contributed by atoms with E-state index < -0.39 is 11.6 Å². The highest BCUT2D eigenvalue weighted by Gasteiger charge is 2.11. The number of carbonyl (C=O) groups excluding carboxylic acids is 1. The van der Waals surface area contributed by atoms with Crippen LogP contribution >= 0.6 is 12.6 Å². The molecule has 42 heavy (non-hydrogen) atoms. The van der Waals surface area contributed by atoms with Gasteiger partial charge in [0.05, 0.1) is 24.9 Å². The van der Waals surface area contributed by atoms with Crippen molar-refractivity contribution in [3.8, 4) is 28.1 Å². The number of rotatable bonds is 7. The molecule has 0 bridgehead atoms. The third-order valence-electron chi connectivity index (χ3n) is 5.98. The topological polar surface area (TPSA) is 146 Å². The molecule has 5 rings (SSSR count). The highest BCUT2D eigenvalue weighted by atomic mass is 32.1. The minimum absolute atomic E-state index is 0.112. The van der Waals surface area contributed by atoms with Gasteiger partial charge in [-0.15, -0.1) is 12.6 Å². The quantitative estimate of drug-likeness (QED) is 0.101. The summed E-state index contributed by atoms with van der Waals surface area (Å²) in [6, 6.07) is 19.8. The molecule has 0 spiro atoms. The van der Waals surface area contributed by atoms with Crippen molar-refractivity contribution in [1.29, 1.82) is 0 Å². The summed E-state index contributed by atoms with van der Waals surface area (Å²) in [7, 11) is 1.38. The van der Waals surface area contributed by atoms with E-state index >= 15 is 0 Å². The maximum absolute atomic E-state index is 12.3. The van der Waals surface area contributed by atoms with Gasteiger partial charge in [0.15, 0.2) is 0 Å². The first-order chi connectivity index (χ1) is 20.2. The van der Waals surface area contributed by atoms with E-state index in [0.29, 0.717) is 17.1 Å². The number of nitrogens with zero attached hydrogens (tertiary/aromatic N) is 2. The first-order valence-corrected chi connectivity index (χ1v) is 12.9. The summed E-state index contributed by atoms with van der Waals surface area (Å²) < 4.78 is 24.3. The Kier molecular flexibility index (Phi) is 9.86. The molecule has 3 aromatic carbocycles. The largest absolute Gasteiger partial charge is 0.395 e. The summed E-state index contributed by atoms with van der Waals surface area (Å²) in [6.45, 7) is 0.0899. The fourth-order valence-electron chi connectivity index (χ4n) is 3.93.